The summed E-state index contributed by atoms with van der Waals surface area (Å²) in [5, 5.41) is 0. The lowest BCUT2D eigenvalue weighted by Crippen LogP contribution is -2.52. The Labute approximate surface area is 138 Å². The molecule has 0 unspecified atom stereocenters. The Morgan fingerprint density at radius 1 is 1.22 bits per heavy atom. The monoisotopic (exact) mass is 340 g/mol. The van der Waals surface area contributed by atoms with Crippen molar-refractivity contribution in [2.45, 2.75) is 20.3 Å². The predicted octanol–water partition coefficient (Wildman–Crippen LogP) is 1.26. The highest BCUT2D eigenvalue weighted by molar-refractivity contribution is 7.89. The van der Waals surface area contributed by atoms with E-state index in [1.54, 1.807) is 4.90 Å². The van der Waals surface area contributed by atoms with Crippen molar-refractivity contribution in [3.8, 4) is 5.75 Å². The van der Waals surface area contributed by atoms with Gasteiger partial charge in [0.15, 0.2) is 6.61 Å². The molecule has 2 rings (SSSR count). The third kappa shape index (κ3) is 4.94. The van der Waals surface area contributed by atoms with Crippen LogP contribution in [-0.2, 0) is 14.8 Å². The molecule has 0 radical (unpaired) electrons. The van der Waals surface area contributed by atoms with Gasteiger partial charge in [-0.1, -0.05) is 19.1 Å². The summed E-state index contributed by atoms with van der Waals surface area (Å²) >= 11 is 0. The van der Waals surface area contributed by atoms with Crippen LogP contribution in [0.5, 0.6) is 5.75 Å². The van der Waals surface area contributed by atoms with E-state index in [-0.39, 0.29) is 18.3 Å². The van der Waals surface area contributed by atoms with Gasteiger partial charge in [0, 0.05) is 26.2 Å². The second-order valence-electron chi connectivity index (χ2n) is 5.70. The van der Waals surface area contributed by atoms with Crippen LogP contribution in [0, 0.1) is 6.92 Å². The zero-order valence-corrected chi connectivity index (χ0v) is 14.5. The molecular formula is C16H24N2O4S. The first-order valence-electron chi connectivity index (χ1n) is 7.87. The van der Waals surface area contributed by atoms with E-state index in [1.807, 2.05) is 38.1 Å². The van der Waals surface area contributed by atoms with E-state index >= 15 is 0 Å². The minimum atomic E-state index is -3.18. The highest BCUT2D eigenvalue weighted by Crippen LogP contribution is 2.13. The largest absolute Gasteiger partial charge is 0.484 e. The lowest BCUT2D eigenvalue weighted by molar-refractivity contribution is -0.134. The first kappa shape index (κ1) is 17.7. The van der Waals surface area contributed by atoms with Crippen LogP contribution >= 0.6 is 0 Å². The van der Waals surface area contributed by atoms with Crippen LogP contribution in [0.4, 0.5) is 0 Å². The van der Waals surface area contributed by atoms with Crippen LogP contribution in [0.3, 0.4) is 0 Å². The average molecular weight is 340 g/mol. The molecule has 1 aliphatic rings. The Morgan fingerprint density at radius 3 is 2.52 bits per heavy atom. The van der Waals surface area contributed by atoms with Gasteiger partial charge in [-0.15, -0.1) is 0 Å². The number of nitrogens with zero attached hydrogens (tertiary/aromatic N) is 2. The van der Waals surface area contributed by atoms with Crippen LogP contribution in [0.25, 0.3) is 0 Å². The van der Waals surface area contributed by atoms with Gasteiger partial charge in [0.2, 0.25) is 10.0 Å². The highest BCUT2D eigenvalue weighted by atomic mass is 32.2. The van der Waals surface area contributed by atoms with Crippen molar-refractivity contribution in [3.05, 3.63) is 29.8 Å². The smallest absolute Gasteiger partial charge is 0.260 e. The second kappa shape index (κ2) is 7.79. The Balaban J connectivity index is 1.82. The van der Waals surface area contributed by atoms with Crippen LogP contribution in [-0.4, -0.2) is 62.1 Å². The molecule has 0 bridgehead atoms. The molecule has 1 fully saturated rings. The number of piperazine rings is 1. The van der Waals surface area contributed by atoms with E-state index in [2.05, 4.69) is 0 Å². The molecule has 1 aromatic carbocycles. The maximum absolute atomic E-state index is 12.2. The number of aryl methyl sites for hydroxylation is 1. The molecule has 1 heterocycles. The molecule has 1 amide bonds. The predicted molar refractivity (Wildman–Crippen MR) is 88.9 cm³/mol. The quantitative estimate of drug-likeness (QED) is 0.782. The summed E-state index contributed by atoms with van der Waals surface area (Å²) in [5.74, 6) is 0.721. The molecule has 0 atom stereocenters. The van der Waals surface area contributed by atoms with Gasteiger partial charge >= 0.3 is 0 Å². The molecule has 6 nitrogen and oxygen atoms in total. The molecule has 0 aromatic heterocycles. The van der Waals surface area contributed by atoms with Crippen LogP contribution in [0.15, 0.2) is 24.3 Å². The normalized spacial score (nSPS) is 16.3. The van der Waals surface area contributed by atoms with E-state index in [4.69, 9.17) is 4.74 Å². The van der Waals surface area contributed by atoms with E-state index in [0.717, 1.165) is 5.56 Å². The maximum Gasteiger partial charge on any atom is 0.260 e. The first-order chi connectivity index (χ1) is 10.9. The lowest BCUT2D eigenvalue weighted by Gasteiger charge is -2.33. The summed E-state index contributed by atoms with van der Waals surface area (Å²) in [5.41, 5.74) is 1.07. The highest BCUT2D eigenvalue weighted by Gasteiger charge is 2.28. The zero-order chi connectivity index (χ0) is 16.9. The van der Waals surface area contributed by atoms with Crippen molar-refractivity contribution in [2.75, 3.05) is 38.5 Å². The van der Waals surface area contributed by atoms with Crippen molar-refractivity contribution < 1.29 is 17.9 Å². The molecular weight excluding hydrogens is 316 g/mol. The Morgan fingerprint density at radius 2 is 1.91 bits per heavy atom. The lowest BCUT2D eigenvalue weighted by atomic mass is 10.2. The van der Waals surface area contributed by atoms with Crippen LogP contribution in [0.2, 0.25) is 0 Å². The third-order valence-electron chi connectivity index (χ3n) is 3.80. The molecule has 7 heteroatoms. The van der Waals surface area contributed by atoms with Crippen molar-refractivity contribution in [3.63, 3.8) is 0 Å². The van der Waals surface area contributed by atoms with Crippen molar-refractivity contribution >= 4 is 15.9 Å². The van der Waals surface area contributed by atoms with Gasteiger partial charge in [-0.25, -0.2) is 8.42 Å². The van der Waals surface area contributed by atoms with Crippen LogP contribution < -0.4 is 4.74 Å². The summed E-state index contributed by atoms with van der Waals surface area (Å²) in [6.07, 6.45) is 0.603. The molecule has 128 valence electrons. The van der Waals surface area contributed by atoms with Gasteiger partial charge in [0.1, 0.15) is 5.75 Å². The molecule has 23 heavy (non-hydrogen) atoms. The average Bonchev–Trinajstić information content (AvgIpc) is 2.53. The van der Waals surface area contributed by atoms with E-state index in [0.29, 0.717) is 38.3 Å². The van der Waals surface area contributed by atoms with Crippen molar-refractivity contribution in [2.24, 2.45) is 0 Å². The summed E-state index contributed by atoms with van der Waals surface area (Å²) < 4.78 is 31.0. The number of carbonyl (C=O) groups is 1. The number of hydrogen-bond donors (Lipinski definition) is 0. The maximum atomic E-state index is 12.2. The Kier molecular flexibility index (Phi) is 6.01. The number of amides is 1. The summed E-state index contributed by atoms with van der Waals surface area (Å²) in [7, 11) is -3.18. The van der Waals surface area contributed by atoms with Crippen molar-refractivity contribution in [1.29, 1.82) is 0 Å². The standard InChI is InChI=1S/C16H24N2O4S/c1-3-11-23(20,21)18-9-7-17(8-10-18)16(19)13-22-15-6-4-5-14(2)12-15/h4-6,12H,3,7-11,13H2,1-2H3. The zero-order valence-electron chi connectivity index (χ0n) is 13.7. The van der Waals surface area contributed by atoms with Gasteiger partial charge < -0.3 is 9.64 Å². The molecule has 1 saturated heterocycles. The SMILES string of the molecule is CCCS(=O)(=O)N1CCN(C(=O)COc2cccc(C)c2)CC1. The van der Waals surface area contributed by atoms with E-state index in [9.17, 15) is 13.2 Å². The molecule has 0 saturated carbocycles. The number of rotatable bonds is 6. The number of sulfonamides is 1. The first-order valence-corrected chi connectivity index (χ1v) is 9.48. The molecule has 0 aliphatic carbocycles. The summed E-state index contributed by atoms with van der Waals surface area (Å²) in [4.78, 5) is 13.8. The topological polar surface area (TPSA) is 66.9 Å². The molecule has 1 aliphatic heterocycles. The second-order valence-corrected chi connectivity index (χ2v) is 7.79. The molecule has 0 N–H and O–H groups in total. The number of carbonyl (C=O) groups excluding carboxylic acids is 1. The van der Waals surface area contributed by atoms with Crippen molar-refractivity contribution in [1.82, 2.24) is 9.21 Å². The fraction of sp³-hybridized carbons (Fsp3) is 0.562. The van der Waals surface area contributed by atoms with Gasteiger partial charge in [-0.2, -0.15) is 4.31 Å². The van der Waals surface area contributed by atoms with Gasteiger partial charge in [-0.05, 0) is 31.0 Å². The number of benzene rings is 1. The van der Waals surface area contributed by atoms with E-state index in [1.165, 1.54) is 4.31 Å². The molecule has 1 aromatic rings. The van der Waals surface area contributed by atoms with Gasteiger partial charge in [0.05, 0.1) is 5.75 Å². The number of ether oxygens (including phenoxy) is 1. The minimum absolute atomic E-state index is 0.0227. The third-order valence-corrected chi connectivity index (χ3v) is 5.87. The summed E-state index contributed by atoms with van der Waals surface area (Å²) in [6.45, 7) is 5.34. The fourth-order valence-corrected chi connectivity index (χ4v) is 4.04. The summed E-state index contributed by atoms with van der Waals surface area (Å²) in [6, 6.07) is 7.54. The minimum Gasteiger partial charge on any atom is -0.484 e. The van der Waals surface area contributed by atoms with Gasteiger partial charge in [-0.3, -0.25) is 4.79 Å². The Hall–Kier alpha value is -1.60. The van der Waals surface area contributed by atoms with Gasteiger partial charge in [0.25, 0.3) is 5.91 Å². The molecule has 0 spiro atoms. The van der Waals surface area contributed by atoms with Crippen LogP contribution in [0.1, 0.15) is 18.9 Å². The number of hydrogen-bond acceptors (Lipinski definition) is 4. The van der Waals surface area contributed by atoms with E-state index < -0.39 is 10.0 Å². The fourth-order valence-electron chi connectivity index (χ4n) is 2.54. The Bertz CT molecular complexity index is 637.